The van der Waals surface area contributed by atoms with E-state index in [1.165, 1.54) is 29.7 Å². The van der Waals surface area contributed by atoms with Gasteiger partial charge in [-0.15, -0.1) is 11.3 Å². The molecule has 0 radical (unpaired) electrons. The average molecular weight is 277 g/mol. The van der Waals surface area contributed by atoms with Crippen LogP contribution in [0.2, 0.25) is 0 Å². The van der Waals surface area contributed by atoms with Crippen LogP contribution in [-0.2, 0) is 11.2 Å². The zero-order valence-electron chi connectivity index (χ0n) is 10.1. The van der Waals surface area contributed by atoms with Crippen molar-refractivity contribution in [2.45, 2.75) is 13.3 Å². The predicted octanol–water partition coefficient (Wildman–Crippen LogP) is 1.73. The quantitative estimate of drug-likeness (QED) is 0.887. The normalized spacial score (nSPS) is 10.2. The highest BCUT2D eigenvalue weighted by molar-refractivity contribution is 7.09. The van der Waals surface area contributed by atoms with E-state index in [0.29, 0.717) is 11.4 Å². The molecule has 0 aromatic carbocycles. The van der Waals surface area contributed by atoms with Gasteiger partial charge in [-0.25, -0.2) is 14.8 Å². The number of nitrogens with one attached hydrogen (secondary N) is 1. The van der Waals surface area contributed by atoms with Crippen molar-refractivity contribution >= 4 is 28.9 Å². The fourth-order valence-corrected chi connectivity index (χ4v) is 2.10. The number of amides is 1. The Labute approximate surface area is 113 Å². The molecule has 2 heterocycles. The number of thiazole rings is 1. The molecule has 0 unspecified atom stereocenters. The standard InChI is InChI=1S/C12H11N3O3S/c1-7-14-9(6-19-7)5-11(16)15-8-2-3-13-10(4-8)12(17)18/h2-4,6H,5H2,1H3,(H,17,18)(H,13,15,16). The minimum atomic E-state index is -1.13. The van der Waals surface area contributed by atoms with Crippen LogP contribution in [0, 0.1) is 6.92 Å². The van der Waals surface area contributed by atoms with Gasteiger partial charge in [-0.1, -0.05) is 0 Å². The van der Waals surface area contributed by atoms with E-state index in [9.17, 15) is 9.59 Å². The van der Waals surface area contributed by atoms with Crippen LogP contribution in [0.3, 0.4) is 0 Å². The Morgan fingerprint density at radius 1 is 1.47 bits per heavy atom. The number of aromatic carboxylic acids is 1. The van der Waals surface area contributed by atoms with Crippen LogP contribution in [0.4, 0.5) is 5.69 Å². The summed E-state index contributed by atoms with van der Waals surface area (Å²) in [6, 6.07) is 2.85. The van der Waals surface area contributed by atoms with Crippen molar-refractivity contribution in [1.82, 2.24) is 9.97 Å². The van der Waals surface area contributed by atoms with E-state index in [0.717, 1.165) is 5.01 Å². The first-order chi connectivity index (χ1) is 9.04. The number of hydrogen-bond acceptors (Lipinski definition) is 5. The van der Waals surface area contributed by atoms with E-state index in [1.807, 2.05) is 12.3 Å². The molecule has 0 spiro atoms. The lowest BCUT2D eigenvalue weighted by atomic mass is 10.3. The van der Waals surface area contributed by atoms with Gasteiger partial charge in [0.15, 0.2) is 0 Å². The molecule has 2 aromatic rings. The first-order valence-corrected chi connectivity index (χ1v) is 6.33. The molecule has 1 amide bonds. The zero-order chi connectivity index (χ0) is 13.8. The molecular weight excluding hydrogens is 266 g/mol. The largest absolute Gasteiger partial charge is 0.477 e. The Balaban J connectivity index is 2.02. The van der Waals surface area contributed by atoms with E-state index < -0.39 is 5.97 Å². The Hall–Kier alpha value is -2.28. The van der Waals surface area contributed by atoms with Crippen molar-refractivity contribution in [3.8, 4) is 0 Å². The van der Waals surface area contributed by atoms with Gasteiger partial charge >= 0.3 is 5.97 Å². The smallest absolute Gasteiger partial charge is 0.354 e. The lowest BCUT2D eigenvalue weighted by molar-refractivity contribution is -0.115. The number of aromatic nitrogens is 2. The second-order valence-corrected chi connectivity index (χ2v) is 4.88. The third kappa shape index (κ3) is 3.59. The van der Waals surface area contributed by atoms with Gasteiger partial charge in [0.25, 0.3) is 0 Å². The Morgan fingerprint density at radius 2 is 2.26 bits per heavy atom. The highest BCUT2D eigenvalue weighted by Crippen LogP contribution is 2.11. The molecule has 0 fully saturated rings. The van der Waals surface area contributed by atoms with E-state index in [-0.39, 0.29) is 18.0 Å². The summed E-state index contributed by atoms with van der Waals surface area (Å²) in [5, 5.41) is 14.1. The maximum atomic E-state index is 11.8. The number of rotatable bonds is 4. The van der Waals surface area contributed by atoms with Crippen molar-refractivity contribution in [3.05, 3.63) is 40.1 Å². The molecule has 7 heteroatoms. The average Bonchev–Trinajstić information content (AvgIpc) is 2.74. The third-order valence-electron chi connectivity index (χ3n) is 2.27. The number of carbonyl (C=O) groups excluding carboxylic acids is 1. The maximum Gasteiger partial charge on any atom is 0.354 e. The highest BCUT2D eigenvalue weighted by atomic mass is 32.1. The minimum Gasteiger partial charge on any atom is -0.477 e. The topological polar surface area (TPSA) is 92.2 Å². The molecule has 2 rings (SSSR count). The van der Waals surface area contributed by atoms with Crippen molar-refractivity contribution in [2.75, 3.05) is 5.32 Å². The molecule has 0 atom stereocenters. The van der Waals surface area contributed by atoms with Crippen LogP contribution in [0.1, 0.15) is 21.2 Å². The van der Waals surface area contributed by atoms with Crippen LogP contribution in [0.5, 0.6) is 0 Å². The van der Waals surface area contributed by atoms with Gasteiger partial charge in [-0.3, -0.25) is 4.79 Å². The zero-order valence-corrected chi connectivity index (χ0v) is 10.9. The molecule has 2 N–H and O–H groups in total. The van der Waals surface area contributed by atoms with Gasteiger partial charge < -0.3 is 10.4 Å². The number of pyridine rings is 1. The summed E-state index contributed by atoms with van der Waals surface area (Å²) in [6.07, 6.45) is 1.50. The monoisotopic (exact) mass is 277 g/mol. The molecular formula is C12H11N3O3S. The number of carbonyl (C=O) groups is 2. The number of anilines is 1. The molecule has 0 aliphatic carbocycles. The first kappa shape index (κ1) is 13.2. The van der Waals surface area contributed by atoms with Crippen LogP contribution in [0.15, 0.2) is 23.7 Å². The lowest BCUT2D eigenvalue weighted by Gasteiger charge is -2.04. The van der Waals surface area contributed by atoms with Crippen molar-refractivity contribution in [3.63, 3.8) is 0 Å². The number of nitrogens with zero attached hydrogens (tertiary/aromatic N) is 2. The predicted molar refractivity (Wildman–Crippen MR) is 70.4 cm³/mol. The minimum absolute atomic E-state index is 0.109. The van der Waals surface area contributed by atoms with Crippen LogP contribution < -0.4 is 5.32 Å². The Kier molecular flexibility index (Phi) is 3.86. The van der Waals surface area contributed by atoms with Gasteiger partial charge in [-0.05, 0) is 19.1 Å². The second-order valence-electron chi connectivity index (χ2n) is 3.82. The number of hydrogen-bond donors (Lipinski definition) is 2. The van der Waals surface area contributed by atoms with E-state index in [1.54, 1.807) is 0 Å². The number of carboxylic acid groups (broad SMARTS) is 1. The molecule has 2 aromatic heterocycles. The fraction of sp³-hybridized carbons (Fsp3) is 0.167. The van der Waals surface area contributed by atoms with Crippen LogP contribution >= 0.6 is 11.3 Å². The highest BCUT2D eigenvalue weighted by Gasteiger charge is 2.09. The van der Waals surface area contributed by atoms with Crippen molar-refractivity contribution in [1.29, 1.82) is 0 Å². The summed E-state index contributed by atoms with van der Waals surface area (Å²) in [5.41, 5.74) is 0.999. The van der Waals surface area contributed by atoms with Gasteiger partial charge in [-0.2, -0.15) is 0 Å². The summed E-state index contributed by atoms with van der Waals surface area (Å²) >= 11 is 1.48. The maximum absolute atomic E-state index is 11.8. The fourth-order valence-electron chi connectivity index (χ4n) is 1.48. The van der Waals surface area contributed by atoms with Gasteiger partial charge in [0, 0.05) is 17.3 Å². The lowest BCUT2D eigenvalue weighted by Crippen LogP contribution is -2.15. The Morgan fingerprint density at radius 3 is 2.89 bits per heavy atom. The van der Waals surface area contributed by atoms with Crippen LogP contribution in [-0.4, -0.2) is 27.0 Å². The van der Waals surface area contributed by atoms with E-state index in [2.05, 4.69) is 15.3 Å². The van der Waals surface area contributed by atoms with Crippen molar-refractivity contribution < 1.29 is 14.7 Å². The van der Waals surface area contributed by atoms with E-state index in [4.69, 9.17) is 5.11 Å². The van der Waals surface area contributed by atoms with Crippen LogP contribution in [0.25, 0.3) is 0 Å². The van der Waals surface area contributed by atoms with Gasteiger partial charge in [0.05, 0.1) is 17.1 Å². The Bertz CT molecular complexity index is 624. The number of aryl methyl sites for hydroxylation is 1. The SMILES string of the molecule is Cc1nc(CC(=O)Nc2ccnc(C(=O)O)c2)cs1. The molecule has 19 heavy (non-hydrogen) atoms. The molecule has 6 nitrogen and oxygen atoms in total. The molecule has 0 aliphatic rings. The summed E-state index contributed by atoms with van der Waals surface area (Å²) in [6.45, 7) is 1.87. The van der Waals surface area contributed by atoms with Gasteiger partial charge in [0.2, 0.25) is 5.91 Å². The summed E-state index contributed by atoms with van der Waals surface area (Å²) < 4.78 is 0. The molecule has 98 valence electrons. The van der Waals surface area contributed by atoms with Gasteiger partial charge in [0.1, 0.15) is 5.69 Å². The molecule has 0 bridgehead atoms. The number of carboxylic acids is 1. The second kappa shape index (κ2) is 5.57. The molecule has 0 saturated heterocycles. The summed E-state index contributed by atoms with van der Waals surface area (Å²) in [7, 11) is 0. The van der Waals surface area contributed by atoms with Crippen molar-refractivity contribution in [2.24, 2.45) is 0 Å². The molecule has 0 aliphatic heterocycles. The first-order valence-electron chi connectivity index (χ1n) is 5.45. The summed E-state index contributed by atoms with van der Waals surface area (Å²) in [4.78, 5) is 30.4. The summed E-state index contributed by atoms with van der Waals surface area (Å²) in [5.74, 6) is -1.38. The van der Waals surface area contributed by atoms with E-state index >= 15 is 0 Å². The molecule has 0 saturated carbocycles. The third-order valence-corrected chi connectivity index (χ3v) is 3.09.